The van der Waals surface area contributed by atoms with Crippen LogP contribution in [0.2, 0.25) is 0 Å². The molecule has 0 aliphatic rings. The number of carbonyl (C=O) groups excluding carboxylic acids is 1. The summed E-state index contributed by atoms with van der Waals surface area (Å²) in [5, 5.41) is 4.48. The summed E-state index contributed by atoms with van der Waals surface area (Å²) >= 11 is 0. The second kappa shape index (κ2) is 5.83. The van der Waals surface area contributed by atoms with Gasteiger partial charge in [0.05, 0.1) is 6.42 Å². The van der Waals surface area contributed by atoms with E-state index in [1.807, 2.05) is 69.4 Å². The molecule has 0 aliphatic carbocycles. The van der Waals surface area contributed by atoms with E-state index >= 15 is 0 Å². The van der Waals surface area contributed by atoms with Crippen LogP contribution in [0.15, 0.2) is 48.7 Å². The van der Waals surface area contributed by atoms with Gasteiger partial charge in [-0.15, -0.1) is 5.10 Å². The highest BCUT2D eigenvalue weighted by Gasteiger charge is 2.17. The van der Waals surface area contributed by atoms with Crippen LogP contribution in [0.1, 0.15) is 26.3 Å². The third kappa shape index (κ3) is 3.74. The molecule has 0 radical (unpaired) electrons. The van der Waals surface area contributed by atoms with Crippen LogP contribution in [0, 0.1) is 0 Å². The van der Waals surface area contributed by atoms with Crippen LogP contribution in [-0.4, -0.2) is 26.2 Å². The predicted octanol–water partition coefficient (Wildman–Crippen LogP) is 3.28. The second-order valence-electron chi connectivity index (χ2n) is 6.40. The topological polar surface area (TPSA) is 56.5 Å². The zero-order chi connectivity index (χ0) is 16.4. The van der Waals surface area contributed by atoms with Gasteiger partial charge in [0.15, 0.2) is 11.5 Å². The van der Waals surface area contributed by atoms with E-state index in [1.54, 1.807) is 4.52 Å². The van der Waals surface area contributed by atoms with Crippen LogP contribution in [0.5, 0.6) is 0 Å². The van der Waals surface area contributed by atoms with E-state index < -0.39 is 5.60 Å². The molecule has 0 saturated carbocycles. The first-order valence-electron chi connectivity index (χ1n) is 7.53. The SMILES string of the molecule is CC(C)(C)OC(=O)Cc1ccc2nc(-c3ccccc3)nn2c1. The van der Waals surface area contributed by atoms with Gasteiger partial charge in [-0.25, -0.2) is 9.50 Å². The van der Waals surface area contributed by atoms with Gasteiger partial charge >= 0.3 is 5.97 Å². The molecular weight excluding hydrogens is 290 g/mol. The molecule has 3 aromatic rings. The summed E-state index contributed by atoms with van der Waals surface area (Å²) in [5.74, 6) is 0.417. The predicted molar refractivity (Wildman–Crippen MR) is 88.0 cm³/mol. The fraction of sp³-hybridized carbons (Fsp3) is 0.278. The molecule has 0 bridgehead atoms. The van der Waals surface area contributed by atoms with Crippen molar-refractivity contribution >= 4 is 11.6 Å². The first kappa shape index (κ1) is 15.2. The molecule has 3 rings (SSSR count). The Morgan fingerprint density at radius 3 is 2.57 bits per heavy atom. The Labute approximate surface area is 134 Å². The number of hydrogen-bond acceptors (Lipinski definition) is 4. The van der Waals surface area contributed by atoms with Crippen molar-refractivity contribution in [2.45, 2.75) is 32.8 Å². The lowest BCUT2D eigenvalue weighted by atomic mass is 10.1. The van der Waals surface area contributed by atoms with Crippen molar-refractivity contribution in [2.24, 2.45) is 0 Å². The molecule has 23 heavy (non-hydrogen) atoms. The van der Waals surface area contributed by atoms with Crippen molar-refractivity contribution < 1.29 is 9.53 Å². The number of rotatable bonds is 3. The molecule has 0 amide bonds. The summed E-state index contributed by atoms with van der Waals surface area (Å²) in [4.78, 5) is 16.4. The molecule has 0 fully saturated rings. The van der Waals surface area contributed by atoms with Crippen LogP contribution < -0.4 is 0 Å². The Balaban J connectivity index is 1.84. The number of carbonyl (C=O) groups is 1. The van der Waals surface area contributed by atoms with E-state index in [4.69, 9.17) is 4.74 Å². The van der Waals surface area contributed by atoms with Crippen LogP contribution >= 0.6 is 0 Å². The van der Waals surface area contributed by atoms with Gasteiger partial charge in [-0.2, -0.15) is 0 Å². The summed E-state index contributed by atoms with van der Waals surface area (Å²) in [5.41, 5.74) is 2.08. The summed E-state index contributed by atoms with van der Waals surface area (Å²) in [7, 11) is 0. The number of fused-ring (bicyclic) bond motifs is 1. The number of aromatic nitrogens is 3. The average molecular weight is 309 g/mol. The van der Waals surface area contributed by atoms with Gasteiger partial charge < -0.3 is 4.74 Å². The second-order valence-corrected chi connectivity index (χ2v) is 6.40. The Morgan fingerprint density at radius 1 is 1.13 bits per heavy atom. The van der Waals surface area contributed by atoms with Gasteiger partial charge in [0, 0.05) is 11.8 Å². The fourth-order valence-corrected chi connectivity index (χ4v) is 2.28. The number of hydrogen-bond donors (Lipinski definition) is 0. The molecule has 1 aromatic carbocycles. The first-order chi connectivity index (χ1) is 10.9. The molecule has 118 valence electrons. The quantitative estimate of drug-likeness (QED) is 0.697. The first-order valence-corrected chi connectivity index (χ1v) is 7.53. The van der Waals surface area contributed by atoms with Gasteiger partial charge in [0.25, 0.3) is 0 Å². The Morgan fingerprint density at radius 2 is 1.87 bits per heavy atom. The largest absolute Gasteiger partial charge is 0.460 e. The summed E-state index contributed by atoms with van der Waals surface area (Å²) < 4.78 is 7.04. The van der Waals surface area contributed by atoms with Crippen LogP contribution in [-0.2, 0) is 16.0 Å². The summed E-state index contributed by atoms with van der Waals surface area (Å²) in [6, 6.07) is 13.5. The highest BCUT2D eigenvalue weighted by atomic mass is 16.6. The lowest BCUT2D eigenvalue weighted by Gasteiger charge is -2.19. The average Bonchev–Trinajstić information content (AvgIpc) is 2.89. The minimum absolute atomic E-state index is 0.216. The Hall–Kier alpha value is -2.69. The van der Waals surface area contributed by atoms with E-state index in [2.05, 4.69) is 10.1 Å². The third-order valence-corrected chi connectivity index (χ3v) is 3.19. The van der Waals surface area contributed by atoms with Crippen molar-refractivity contribution in [1.82, 2.24) is 14.6 Å². The van der Waals surface area contributed by atoms with E-state index in [-0.39, 0.29) is 12.4 Å². The molecular formula is C18H19N3O2. The van der Waals surface area contributed by atoms with Crippen molar-refractivity contribution in [1.29, 1.82) is 0 Å². The van der Waals surface area contributed by atoms with E-state index in [9.17, 15) is 4.79 Å². The monoisotopic (exact) mass is 309 g/mol. The lowest BCUT2D eigenvalue weighted by molar-refractivity contribution is -0.153. The molecule has 0 unspecified atom stereocenters. The van der Waals surface area contributed by atoms with Gasteiger partial charge in [0.2, 0.25) is 0 Å². The van der Waals surface area contributed by atoms with Crippen LogP contribution in [0.25, 0.3) is 17.0 Å². The Kier molecular flexibility index (Phi) is 3.86. The smallest absolute Gasteiger partial charge is 0.310 e. The zero-order valence-electron chi connectivity index (χ0n) is 13.5. The van der Waals surface area contributed by atoms with Crippen molar-refractivity contribution in [3.05, 3.63) is 54.2 Å². The maximum atomic E-state index is 11.9. The van der Waals surface area contributed by atoms with Gasteiger partial charge in [0.1, 0.15) is 5.60 Å². The maximum absolute atomic E-state index is 11.9. The number of benzene rings is 1. The number of ether oxygens (including phenoxy) is 1. The zero-order valence-corrected chi connectivity index (χ0v) is 13.5. The highest BCUT2D eigenvalue weighted by molar-refractivity contribution is 5.73. The number of pyridine rings is 1. The molecule has 0 atom stereocenters. The maximum Gasteiger partial charge on any atom is 0.310 e. The van der Waals surface area contributed by atoms with E-state index in [0.717, 1.165) is 16.8 Å². The van der Waals surface area contributed by atoms with Gasteiger partial charge in [-0.3, -0.25) is 4.79 Å². The Bertz CT molecular complexity index is 832. The van der Waals surface area contributed by atoms with Gasteiger partial charge in [-0.05, 0) is 32.4 Å². The van der Waals surface area contributed by atoms with Crippen molar-refractivity contribution in [3.8, 4) is 11.4 Å². The molecule has 0 spiro atoms. The van der Waals surface area contributed by atoms with E-state index in [1.165, 1.54) is 0 Å². The fourth-order valence-electron chi connectivity index (χ4n) is 2.28. The van der Waals surface area contributed by atoms with Crippen LogP contribution in [0.4, 0.5) is 0 Å². The highest BCUT2D eigenvalue weighted by Crippen LogP contribution is 2.16. The minimum atomic E-state index is -0.477. The van der Waals surface area contributed by atoms with Crippen molar-refractivity contribution in [2.75, 3.05) is 0 Å². The van der Waals surface area contributed by atoms with E-state index in [0.29, 0.717) is 5.82 Å². The molecule has 5 heteroatoms. The molecule has 2 heterocycles. The van der Waals surface area contributed by atoms with Gasteiger partial charge in [-0.1, -0.05) is 36.4 Å². The molecule has 5 nitrogen and oxygen atoms in total. The molecule has 2 aromatic heterocycles. The molecule has 0 saturated heterocycles. The minimum Gasteiger partial charge on any atom is -0.460 e. The number of nitrogens with zero attached hydrogens (tertiary/aromatic N) is 3. The number of esters is 1. The summed E-state index contributed by atoms with van der Waals surface area (Å²) in [6.07, 6.45) is 2.03. The third-order valence-electron chi connectivity index (χ3n) is 3.19. The molecule has 0 N–H and O–H groups in total. The standard InChI is InChI=1S/C18H19N3O2/c1-18(2,3)23-16(22)11-13-9-10-15-19-17(20-21(15)12-13)14-7-5-4-6-8-14/h4-10,12H,11H2,1-3H3. The van der Waals surface area contributed by atoms with Crippen molar-refractivity contribution in [3.63, 3.8) is 0 Å². The lowest BCUT2D eigenvalue weighted by Crippen LogP contribution is -2.24. The summed E-state index contributed by atoms with van der Waals surface area (Å²) in [6.45, 7) is 5.58. The van der Waals surface area contributed by atoms with Crippen LogP contribution in [0.3, 0.4) is 0 Å². The normalized spacial score (nSPS) is 11.6. The molecule has 0 aliphatic heterocycles.